The van der Waals surface area contributed by atoms with Gasteiger partial charge in [-0.2, -0.15) is 0 Å². The van der Waals surface area contributed by atoms with Gasteiger partial charge in [-0.1, -0.05) is 39.2 Å². The second-order valence-electron chi connectivity index (χ2n) is 9.75. The highest BCUT2D eigenvalue weighted by atomic mass is 16.6. The largest absolute Gasteiger partial charge is 0.889 e. The molecule has 3 atom stereocenters. The smallest absolute Gasteiger partial charge is 0.338 e. The third-order valence-corrected chi connectivity index (χ3v) is 6.29. The average Bonchev–Trinajstić information content (AvgIpc) is 2.56. The van der Waals surface area contributed by atoms with Crippen molar-refractivity contribution >= 4 is 18.6 Å². The number of ether oxygens (including phenoxy) is 1. The molecule has 0 amide bonds. The van der Waals surface area contributed by atoms with Crippen molar-refractivity contribution in [2.24, 2.45) is 11.3 Å². The number of hydrogen-bond acceptors (Lipinski definition) is 6. The van der Waals surface area contributed by atoms with Crippen molar-refractivity contribution in [1.29, 1.82) is 0 Å². The van der Waals surface area contributed by atoms with Gasteiger partial charge in [0.2, 0.25) is 0 Å². The Kier molecular flexibility index (Phi) is 6.09. The number of esters is 1. The molecule has 3 aliphatic carbocycles. The molecule has 0 aromatic heterocycles. The summed E-state index contributed by atoms with van der Waals surface area (Å²) >= 11 is 0. The number of rotatable bonds is 2. The summed E-state index contributed by atoms with van der Waals surface area (Å²) in [5.41, 5.74) is -2.11. The van der Waals surface area contributed by atoms with Crippen molar-refractivity contribution in [3.8, 4) is 0 Å². The van der Waals surface area contributed by atoms with Crippen LogP contribution in [0.3, 0.4) is 0 Å². The minimum Gasteiger partial charge on any atom is -0.889 e. The normalized spacial score (nSPS) is 30.4. The zero-order valence-corrected chi connectivity index (χ0v) is 17.6. The van der Waals surface area contributed by atoms with E-state index in [9.17, 15) is 25.1 Å². The molecule has 156 valence electrons. The van der Waals surface area contributed by atoms with E-state index in [0.29, 0.717) is 5.92 Å². The van der Waals surface area contributed by atoms with Gasteiger partial charge in [-0.25, -0.2) is 4.79 Å². The van der Waals surface area contributed by atoms with Gasteiger partial charge in [-0.05, 0) is 64.4 Å². The van der Waals surface area contributed by atoms with Crippen LogP contribution in [0.4, 0.5) is 0 Å². The lowest BCUT2D eigenvalue weighted by Crippen LogP contribution is -2.74. The van der Waals surface area contributed by atoms with Gasteiger partial charge < -0.3 is 25.0 Å². The topological polar surface area (TPSA) is 113 Å². The molecular weight excluding hydrogens is 359 g/mol. The van der Waals surface area contributed by atoms with Crippen LogP contribution in [0.2, 0.25) is 0 Å². The molecule has 0 aliphatic heterocycles. The van der Waals surface area contributed by atoms with Crippen molar-refractivity contribution in [2.45, 2.75) is 77.6 Å². The Morgan fingerprint density at radius 1 is 1.21 bits per heavy atom. The molecular formula is C21H31BO6-2. The first-order valence-corrected chi connectivity index (χ1v) is 9.70. The van der Waals surface area contributed by atoms with Crippen LogP contribution in [0.5, 0.6) is 0 Å². The monoisotopic (exact) mass is 390 g/mol. The van der Waals surface area contributed by atoms with Gasteiger partial charge in [-0.15, -0.1) is 5.46 Å². The minimum atomic E-state index is -2.08. The molecule has 0 heterocycles. The standard InChI is InChI=1S/C11H13BO4.C10H18O2/c1-11(2,3)16-10(13)8-5-4-6-9(7-8)12(14)15;1-8(2)7-4-5-9(3,11)10(8,12)6-7/h4-7H,1-3H3;7,11-12H,4-6H2,1-3H3/q-2;. The molecule has 2 bridgehead atoms. The fourth-order valence-corrected chi connectivity index (χ4v) is 4.27. The zero-order chi connectivity index (χ0) is 21.5. The maximum absolute atomic E-state index is 11.6. The molecule has 6 nitrogen and oxygen atoms in total. The zero-order valence-electron chi connectivity index (χ0n) is 17.6. The molecule has 3 fully saturated rings. The van der Waals surface area contributed by atoms with Crippen LogP contribution in [0.25, 0.3) is 0 Å². The SMILES string of the molecule is CC(C)(C)OC(=O)c1cccc(B([O-])[O-])c1.CC1(O)CCC2CC1(O)C2(C)C. The summed E-state index contributed by atoms with van der Waals surface area (Å²) < 4.78 is 5.12. The molecule has 7 heteroatoms. The van der Waals surface area contributed by atoms with Gasteiger partial charge in [0.15, 0.2) is 0 Å². The number of aliphatic hydroxyl groups is 2. The van der Waals surface area contributed by atoms with E-state index in [4.69, 9.17) is 4.74 Å². The van der Waals surface area contributed by atoms with Gasteiger partial charge >= 0.3 is 5.97 Å². The predicted molar refractivity (Wildman–Crippen MR) is 104 cm³/mol. The number of hydrogen-bond donors (Lipinski definition) is 2. The Morgan fingerprint density at radius 2 is 1.82 bits per heavy atom. The Bertz CT molecular complexity index is 712. The molecule has 3 saturated carbocycles. The van der Waals surface area contributed by atoms with Gasteiger partial charge in [0, 0.05) is 0 Å². The molecule has 1 aromatic rings. The van der Waals surface area contributed by atoms with Crippen molar-refractivity contribution < 1.29 is 29.8 Å². The van der Waals surface area contributed by atoms with Crippen molar-refractivity contribution in [2.75, 3.05) is 0 Å². The summed E-state index contributed by atoms with van der Waals surface area (Å²) in [6.45, 7) is 11.1. The van der Waals surface area contributed by atoms with E-state index < -0.39 is 29.9 Å². The molecule has 0 radical (unpaired) electrons. The van der Waals surface area contributed by atoms with Crippen LogP contribution in [-0.4, -0.2) is 40.1 Å². The first-order chi connectivity index (χ1) is 12.6. The highest BCUT2D eigenvalue weighted by molar-refractivity contribution is 6.55. The number of fused-ring (bicyclic) bond motifs is 2. The summed E-state index contributed by atoms with van der Waals surface area (Å²) in [4.78, 5) is 11.6. The summed E-state index contributed by atoms with van der Waals surface area (Å²) in [7, 11) is -2.08. The summed E-state index contributed by atoms with van der Waals surface area (Å²) in [5, 5.41) is 41.6. The molecule has 1 aromatic carbocycles. The van der Waals surface area contributed by atoms with Crippen molar-refractivity contribution in [3.63, 3.8) is 0 Å². The van der Waals surface area contributed by atoms with E-state index in [-0.39, 0.29) is 16.4 Å². The van der Waals surface area contributed by atoms with Crippen LogP contribution in [-0.2, 0) is 4.74 Å². The quantitative estimate of drug-likeness (QED) is 0.557. The molecule has 0 spiro atoms. The number of carbonyl (C=O) groups is 1. The highest BCUT2D eigenvalue weighted by Crippen LogP contribution is 2.65. The first-order valence-electron chi connectivity index (χ1n) is 9.70. The molecule has 3 unspecified atom stereocenters. The van der Waals surface area contributed by atoms with E-state index in [1.165, 1.54) is 24.3 Å². The van der Waals surface area contributed by atoms with Crippen molar-refractivity contribution in [3.05, 3.63) is 29.8 Å². The van der Waals surface area contributed by atoms with Gasteiger partial charge in [0.1, 0.15) is 5.60 Å². The van der Waals surface area contributed by atoms with E-state index in [2.05, 4.69) is 13.8 Å². The van der Waals surface area contributed by atoms with Crippen LogP contribution in [0.1, 0.15) is 71.2 Å². The van der Waals surface area contributed by atoms with E-state index in [0.717, 1.165) is 19.3 Å². The third-order valence-electron chi connectivity index (χ3n) is 6.29. The van der Waals surface area contributed by atoms with Gasteiger partial charge in [-0.3, -0.25) is 0 Å². The Balaban J connectivity index is 0.000000207. The predicted octanol–water partition coefficient (Wildman–Crippen LogP) is 0.366. The fourth-order valence-electron chi connectivity index (χ4n) is 4.27. The maximum Gasteiger partial charge on any atom is 0.338 e. The summed E-state index contributed by atoms with van der Waals surface area (Å²) in [6, 6.07) is 5.69. The Labute approximate surface area is 167 Å². The second kappa shape index (κ2) is 7.45. The van der Waals surface area contributed by atoms with Gasteiger partial charge in [0.05, 0.1) is 16.8 Å². The van der Waals surface area contributed by atoms with Gasteiger partial charge in [0.25, 0.3) is 0 Å². The first kappa shape index (κ1) is 22.9. The van der Waals surface area contributed by atoms with E-state index in [1.54, 1.807) is 27.7 Å². The maximum atomic E-state index is 11.6. The Morgan fingerprint density at radius 3 is 2.25 bits per heavy atom. The molecule has 4 rings (SSSR count). The summed E-state index contributed by atoms with van der Waals surface area (Å²) in [5.74, 6) is 0.0812. The molecule has 0 saturated heterocycles. The van der Waals surface area contributed by atoms with Crippen LogP contribution < -0.4 is 15.5 Å². The van der Waals surface area contributed by atoms with Crippen LogP contribution >= 0.6 is 0 Å². The highest BCUT2D eigenvalue weighted by Gasteiger charge is 2.69. The van der Waals surface area contributed by atoms with Crippen LogP contribution in [0.15, 0.2) is 24.3 Å². The summed E-state index contributed by atoms with van der Waals surface area (Å²) in [6.07, 6.45) is 2.59. The lowest BCUT2D eigenvalue weighted by Gasteiger charge is -2.68. The van der Waals surface area contributed by atoms with Crippen molar-refractivity contribution in [1.82, 2.24) is 0 Å². The Hall–Kier alpha value is -1.41. The fraction of sp³-hybridized carbons (Fsp3) is 0.667. The molecule has 3 aliphatic rings. The lowest BCUT2D eigenvalue weighted by atomic mass is 9.41. The molecule has 2 N–H and O–H groups in total. The third kappa shape index (κ3) is 4.27. The average molecular weight is 390 g/mol. The van der Waals surface area contributed by atoms with E-state index in [1.807, 2.05) is 0 Å². The number of carbonyl (C=O) groups excluding carboxylic acids is 1. The lowest BCUT2D eigenvalue weighted by molar-refractivity contribution is -0.341. The van der Waals surface area contributed by atoms with Crippen LogP contribution in [0, 0.1) is 11.3 Å². The van der Waals surface area contributed by atoms with E-state index >= 15 is 0 Å². The second-order valence-corrected chi connectivity index (χ2v) is 9.75. The minimum absolute atomic E-state index is 0.0448. The number of benzene rings is 1. The molecule has 28 heavy (non-hydrogen) atoms.